The smallest absolute Gasteiger partial charge is 0.339 e. The van der Waals surface area contributed by atoms with Gasteiger partial charge in [-0.05, 0) is 63.6 Å². The zero-order valence-corrected chi connectivity index (χ0v) is 17.1. The van der Waals surface area contributed by atoms with Crippen LogP contribution in [0.1, 0.15) is 49.2 Å². The Bertz CT molecular complexity index is 1010. The number of anilines is 1. The van der Waals surface area contributed by atoms with E-state index in [-0.39, 0.29) is 16.9 Å². The number of allylic oxidation sites excluding steroid dienone is 1. The van der Waals surface area contributed by atoms with Crippen molar-refractivity contribution in [2.24, 2.45) is 4.99 Å². The average molecular weight is 399 g/mol. The number of halogens is 1. The van der Waals surface area contributed by atoms with E-state index >= 15 is 0 Å². The van der Waals surface area contributed by atoms with Crippen molar-refractivity contribution in [3.63, 3.8) is 0 Å². The Labute approximate surface area is 169 Å². The summed E-state index contributed by atoms with van der Waals surface area (Å²) in [5, 5.41) is 19.3. The van der Waals surface area contributed by atoms with Crippen molar-refractivity contribution >= 4 is 40.7 Å². The van der Waals surface area contributed by atoms with Gasteiger partial charge in [-0.1, -0.05) is 17.7 Å². The zero-order valence-electron chi connectivity index (χ0n) is 16.3. The van der Waals surface area contributed by atoms with E-state index < -0.39 is 5.97 Å². The van der Waals surface area contributed by atoms with Crippen LogP contribution in [-0.4, -0.2) is 34.5 Å². The number of carboxylic acids is 1. The predicted molar refractivity (Wildman–Crippen MR) is 115 cm³/mol. The highest BCUT2D eigenvalue weighted by Crippen LogP contribution is 2.41. The summed E-state index contributed by atoms with van der Waals surface area (Å²) in [4.78, 5) is 17.8. The lowest BCUT2D eigenvalue weighted by Gasteiger charge is -2.43. The van der Waals surface area contributed by atoms with Crippen molar-refractivity contribution in [3.8, 4) is 5.75 Å². The first-order chi connectivity index (χ1) is 13.1. The lowest BCUT2D eigenvalue weighted by atomic mass is 9.88. The first kappa shape index (κ1) is 20.0. The maximum Gasteiger partial charge on any atom is 0.339 e. The maximum atomic E-state index is 11.2. The minimum Gasteiger partial charge on any atom is -0.507 e. The third-order valence-corrected chi connectivity index (χ3v) is 5.30. The third-order valence-electron chi connectivity index (χ3n) is 4.98. The topological polar surface area (TPSA) is 73.1 Å². The number of hydrogen-bond donors (Lipinski definition) is 2. The zero-order chi connectivity index (χ0) is 20.6. The lowest BCUT2D eigenvalue weighted by molar-refractivity contribution is 0.0694. The molecule has 0 atom stereocenters. The number of carboxylic acid groups (broad SMARTS) is 1. The summed E-state index contributed by atoms with van der Waals surface area (Å²) in [6.07, 6.45) is 3.86. The molecule has 0 saturated carbocycles. The fourth-order valence-corrected chi connectivity index (χ4v) is 3.92. The molecule has 0 bridgehead atoms. The van der Waals surface area contributed by atoms with Crippen LogP contribution < -0.4 is 4.90 Å². The van der Waals surface area contributed by atoms with Gasteiger partial charge in [-0.25, -0.2) is 4.79 Å². The van der Waals surface area contributed by atoms with Crippen LogP contribution in [0.5, 0.6) is 5.75 Å². The largest absolute Gasteiger partial charge is 0.507 e. The Kier molecular flexibility index (Phi) is 5.22. The molecular formula is C22H23ClN2O3. The van der Waals surface area contributed by atoms with Crippen LogP contribution in [-0.2, 0) is 0 Å². The van der Waals surface area contributed by atoms with Crippen molar-refractivity contribution in [3.05, 3.63) is 58.1 Å². The van der Waals surface area contributed by atoms with Gasteiger partial charge in [0.05, 0.1) is 16.2 Å². The molecule has 1 heterocycles. The molecule has 28 heavy (non-hydrogen) atoms. The minimum atomic E-state index is -1.20. The van der Waals surface area contributed by atoms with E-state index in [1.54, 1.807) is 12.3 Å². The fourth-order valence-electron chi connectivity index (χ4n) is 3.71. The molecule has 0 amide bonds. The van der Waals surface area contributed by atoms with Gasteiger partial charge in [0.2, 0.25) is 0 Å². The Balaban J connectivity index is 2.02. The van der Waals surface area contributed by atoms with E-state index in [1.807, 2.05) is 12.1 Å². The number of carbonyl (C=O) groups is 1. The molecule has 5 nitrogen and oxygen atoms in total. The molecule has 2 aromatic rings. The molecule has 6 heteroatoms. The minimum absolute atomic E-state index is 0.0932. The summed E-state index contributed by atoms with van der Waals surface area (Å²) in [6.45, 7) is 9.42. The van der Waals surface area contributed by atoms with Crippen LogP contribution in [0.2, 0.25) is 5.02 Å². The molecule has 0 aliphatic carbocycles. The van der Waals surface area contributed by atoms with Crippen LogP contribution in [0.4, 0.5) is 11.4 Å². The molecule has 0 saturated heterocycles. The van der Waals surface area contributed by atoms with E-state index in [4.69, 9.17) is 16.7 Å². The number of aliphatic imine (C=N–C) groups is 1. The summed E-state index contributed by atoms with van der Waals surface area (Å²) in [5.41, 5.74) is 4.25. The van der Waals surface area contributed by atoms with E-state index in [2.05, 4.69) is 43.7 Å². The second-order valence-corrected chi connectivity index (χ2v) is 7.79. The van der Waals surface area contributed by atoms with Crippen molar-refractivity contribution < 1.29 is 15.0 Å². The Hall–Kier alpha value is -2.79. The number of likely N-dealkylation sites (N-methyl/N-ethyl adjacent to an activating group) is 1. The molecule has 0 aromatic heterocycles. The van der Waals surface area contributed by atoms with Gasteiger partial charge >= 0.3 is 5.97 Å². The van der Waals surface area contributed by atoms with Crippen molar-refractivity contribution in [1.82, 2.24) is 0 Å². The Morgan fingerprint density at radius 2 is 2.00 bits per heavy atom. The molecule has 0 spiro atoms. The van der Waals surface area contributed by atoms with E-state index in [0.717, 1.165) is 23.4 Å². The van der Waals surface area contributed by atoms with Gasteiger partial charge in [0.15, 0.2) is 0 Å². The molecule has 1 aliphatic heterocycles. The van der Waals surface area contributed by atoms with Crippen LogP contribution in [0.3, 0.4) is 0 Å². The van der Waals surface area contributed by atoms with Gasteiger partial charge in [-0.3, -0.25) is 4.99 Å². The number of fused-ring (bicyclic) bond motifs is 1. The van der Waals surface area contributed by atoms with E-state index in [0.29, 0.717) is 10.7 Å². The van der Waals surface area contributed by atoms with Gasteiger partial charge in [0.25, 0.3) is 0 Å². The first-order valence-corrected chi connectivity index (χ1v) is 9.43. The first-order valence-electron chi connectivity index (χ1n) is 9.05. The van der Waals surface area contributed by atoms with Crippen LogP contribution in [0.15, 0.2) is 41.4 Å². The summed E-state index contributed by atoms with van der Waals surface area (Å²) in [6, 6.07) is 8.16. The summed E-state index contributed by atoms with van der Waals surface area (Å²) in [7, 11) is 0. The number of aromatic hydroxyl groups is 1. The van der Waals surface area contributed by atoms with Crippen LogP contribution in [0.25, 0.3) is 5.57 Å². The normalized spacial score (nSPS) is 15.5. The fraction of sp³-hybridized carbons (Fsp3) is 0.273. The predicted octanol–water partition coefficient (Wildman–Crippen LogP) is 5.52. The number of nitrogens with zero attached hydrogens (tertiary/aromatic N) is 2. The quantitative estimate of drug-likeness (QED) is 0.665. The number of aromatic carboxylic acids is 1. The van der Waals surface area contributed by atoms with E-state index in [9.17, 15) is 9.90 Å². The lowest BCUT2D eigenvalue weighted by Crippen LogP contribution is -2.44. The molecule has 0 unspecified atom stereocenters. The summed E-state index contributed by atoms with van der Waals surface area (Å²) < 4.78 is 0. The van der Waals surface area contributed by atoms with Crippen molar-refractivity contribution in [2.45, 2.75) is 33.2 Å². The van der Waals surface area contributed by atoms with Gasteiger partial charge in [-0.15, -0.1) is 0 Å². The second kappa shape index (κ2) is 7.32. The van der Waals surface area contributed by atoms with Gasteiger partial charge in [0.1, 0.15) is 11.3 Å². The van der Waals surface area contributed by atoms with Crippen LogP contribution >= 0.6 is 11.6 Å². The van der Waals surface area contributed by atoms with Crippen LogP contribution in [0, 0.1) is 0 Å². The average Bonchev–Trinajstić information content (AvgIpc) is 2.60. The van der Waals surface area contributed by atoms with Gasteiger partial charge in [-0.2, -0.15) is 0 Å². The standard InChI is InChI=1S/C22H23ClN2O3/c1-5-25-19-10-18(23)14(8-16(19)13(2)11-22(25,3)4)12-24-15-6-7-20(26)17(9-15)21(27)28/h6-12,26H,5H2,1-4H3,(H,27,28). The molecule has 146 valence electrons. The third kappa shape index (κ3) is 3.62. The SMILES string of the molecule is CCN1c2cc(Cl)c(C=Nc3ccc(O)c(C(=O)O)c3)cc2C(C)=CC1(C)C. The number of phenols is 1. The van der Waals surface area contributed by atoms with Crippen molar-refractivity contribution in [1.29, 1.82) is 0 Å². The maximum absolute atomic E-state index is 11.2. The second-order valence-electron chi connectivity index (χ2n) is 7.38. The van der Waals surface area contributed by atoms with E-state index in [1.165, 1.54) is 17.7 Å². The van der Waals surface area contributed by atoms with Crippen molar-refractivity contribution in [2.75, 3.05) is 11.4 Å². The monoisotopic (exact) mass is 398 g/mol. The highest BCUT2D eigenvalue weighted by Gasteiger charge is 2.30. The molecular weight excluding hydrogens is 376 g/mol. The highest BCUT2D eigenvalue weighted by molar-refractivity contribution is 6.33. The van der Waals surface area contributed by atoms with Gasteiger partial charge < -0.3 is 15.1 Å². The molecule has 2 aromatic carbocycles. The highest BCUT2D eigenvalue weighted by atomic mass is 35.5. The molecule has 0 fully saturated rings. The molecule has 3 rings (SSSR count). The number of hydrogen-bond acceptors (Lipinski definition) is 4. The molecule has 2 N–H and O–H groups in total. The molecule has 1 aliphatic rings. The number of rotatable bonds is 4. The Morgan fingerprint density at radius 3 is 2.64 bits per heavy atom. The molecule has 0 radical (unpaired) electrons. The summed E-state index contributed by atoms with van der Waals surface area (Å²) >= 11 is 6.53. The summed E-state index contributed by atoms with van der Waals surface area (Å²) in [5.74, 6) is -1.49. The number of benzene rings is 2. The van der Waals surface area contributed by atoms with Gasteiger partial charge in [0, 0.05) is 29.6 Å². The Morgan fingerprint density at radius 1 is 1.29 bits per heavy atom.